The summed E-state index contributed by atoms with van der Waals surface area (Å²) in [5, 5.41) is 31.7. The zero-order chi connectivity index (χ0) is 19.9. The Kier molecular flexibility index (Phi) is 4.23. The van der Waals surface area contributed by atoms with Crippen LogP contribution in [0.5, 0.6) is 0 Å². The van der Waals surface area contributed by atoms with Gasteiger partial charge in [-0.05, 0) is 49.4 Å². The lowest BCUT2D eigenvalue weighted by Gasteiger charge is -2.40. The maximum atomic E-state index is 4.51. The summed E-state index contributed by atoms with van der Waals surface area (Å²) in [5.41, 5.74) is 4.89. The topological polar surface area (TPSA) is 107 Å². The average Bonchev–Trinajstić information content (AvgIpc) is 3.46. The molecule has 1 aromatic carbocycles. The van der Waals surface area contributed by atoms with E-state index in [4.69, 9.17) is 0 Å². The third-order valence-electron chi connectivity index (χ3n) is 6.43. The third-order valence-corrected chi connectivity index (χ3v) is 6.43. The second-order valence-corrected chi connectivity index (χ2v) is 8.41. The number of hydrogen-bond donors (Lipinski definition) is 4. The molecule has 2 aliphatic rings. The number of aromatic nitrogens is 6. The van der Waals surface area contributed by atoms with Crippen molar-refractivity contribution in [1.82, 2.24) is 35.9 Å². The Morgan fingerprint density at radius 2 is 1.77 bits per heavy atom. The fourth-order valence-corrected chi connectivity index (χ4v) is 5.04. The van der Waals surface area contributed by atoms with Crippen molar-refractivity contribution in [1.29, 1.82) is 0 Å². The molecule has 0 amide bonds. The van der Waals surface area contributed by atoms with Crippen LogP contribution >= 0.6 is 0 Å². The molecule has 2 unspecified atom stereocenters. The highest BCUT2D eigenvalue weighted by Gasteiger charge is 2.31. The summed E-state index contributed by atoms with van der Waals surface area (Å²) >= 11 is 0. The van der Waals surface area contributed by atoms with Crippen molar-refractivity contribution >= 4 is 16.7 Å². The predicted molar refractivity (Wildman–Crippen MR) is 116 cm³/mol. The van der Waals surface area contributed by atoms with Crippen LogP contribution in [0.25, 0.3) is 33.3 Å². The molecule has 2 atom stereocenters. The average molecular weight is 400 g/mol. The van der Waals surface area contributed by atoms with Gasteiger partial charge >= 0.3 is 0 Å². The van der Waals surface area contributed by atoms with Crippen molar-refractivity contribution in [3.63, 3.8) is 0 Å². The molecule has 8 nitrogen and oxygen atoms in total. The monoisotopic (exact) mass is 400 g/mol. The molecular formula is C22H24N8. The summed E-state index contributed by atoms with van der Waals surface area (Å²) in [4.78, 5) is 0. The van der Waals surface area contributed by atoms with Crippen LogP contribution in [-0.2, 0) is 0 Å². The first-order valence-electron chi connectivity index (χ1n) is 10.7. The van der Waals surface area contributed by atoms with Crippen LogP contribution in [0.2, 0.25) is 0 Å². The Morgan fingerprint density at radius 3 is 2.53 bits per heavy atom. The van der Waals surface area contributed by atoms with Crippen molar-refractivity contribution in [3.05, 3.63) is 42.9 Å². The molecule has 0 spiro atoms. The van der Waals surface area contributed by atoms with E-state index in [1.54, 1.807) is 0 Å². The fourth-order valence-electron chi connectivity index (χ4n) is 5.04. The van der Waals surface area contributed by atoms with Crippen LogP contribution < -0.4 is 10.6 Å². The number of nitrogens with zero attached hydrogens (tertiary/aromatic N) is 4. The Bertz CT molecular complexity index is 1140. The van der Waals surface area contributed by atoms with Gasteiger partial charge in [-0.3, -0.25) is 10.2 Å². The molecule has 2 aliphatic heterocycles. The molecule has 0 saturated carbocycles. The highest BCUT2D eigenvalue weighted by molar-refractivity contribution is 6.01. The van der Waals surface area contributed by atoms with Crippen LogP contribution in [0.15, 0.2) is 42.9 Å². The highest BCUT2D eigenvalue weighted by atomic mass is 15.2. The molecule has 2 bridgehead atoms. The smallest absolute Gasteiger partial charge is 0.148 e. The Morgan fingerprint density at radius 1 is 0.900 bits per heavy atom. The minimum Gasteiger partial charge on any atom is -0.366 e. The normalized spacial score (nSPS) is 23.5. The second kappa shape index (κ2) is 7.21. The van der Waals surface area contributed by atoms with Gasteiger partial charge in [0.15, 0.2) is 0 Å². The highest BCUT2D eigenvalue weighted by Crippen LogP contribution is 2.33. The zero-order valence-corrected chi connectivity index (χ0v) is 16.6. The number of nitrogens with one attached hydrogen (secondary N) is 4. The fraction of sp³-hybridized carbons (Fsp3) is 0.364. The molecule has 30 heavy (non-hydrogen) atoms. The minimum atomic E-state index is 0.468. The summed E-state index contributed by atoms with van der Waals surface area (Å²) in [6, 6.07) is 9.97. The van der Waals surface area contributed by atoms with Gasteiger partial charge in [0, 0.05) is 40.8 Å². The van der Waals surface area contributed by atoms with Gasteiger partial charge < -0.3 is 10.6 Å². The SMILES string of the molecule is c1n[nH]cc1-c1ccc(-c2ccc(NC3CC4CCCC(C3)N4)nn2)c2[nH]ncc12. The van der Waals surface area contributed by atoms with Gasteiger partial charge in [0.05, 0.1) is 23.6 Å². The molecule has 3 aromatic heterocycles. The number of rotatable bonds is 4. The summed E-state index contributed by atoms with van der Waals surface area (Å²) in [6.07, 6.45) is 11.8. The van der Waals surface area contributed by atoms with E-state index >= 15 is 0 Å². The van der Waals surface area contributed by atoms with Crippen LogP contribution in [0.1, 0.15) is 32.1 Å². The first-order valence-corrected chi connectivity index (χ1v) is 10.7. The molecule has 2 saturated heterocycles. The van der Waals surface area contributed by atoms with E-state index in [0.29, 0.717) is 18.1 Å². The number of benzene rings is 1. The Hall–Kier alpha value is -3.26. The van der Waals surface area contributed by atoms with E-state index in [0.717, 1.165) is 51.9 Å². The van der Waals surface area contributed by atoms with Gasteiger partial charge in [-0.15, -0.1) is 10.2 Å². The molecule has 2 fully saturated rings. The number of piperidine rings is 2. The molecule has 4 N–H and O–H groups in total. The quantitative estimate of drug-likeness (QED) is 0.418. The van der Waals surface area contributed by atoms with Gasteiger partial charge in [0.25, 0.3) is 0 Å². The van der Waals surface area contributed by atoms with E-state index in [1.807, 2.05) is 30.7 Å². The van der Waals surface area contributed by atoms with Gasteiger partial charge in [0.2, 0.25) is 0 Å². The molecular weight excluding hydrogens is 376 g/mol. The number of fused-ring (bicyclic) bond motifs is 3. The standard InChI is InChI=1S/C22H24N8/c1-2-14-8-16(9-15(3-1)26-14)27-21-7-6-20(28-29-21)18-5-4-17(13-10-23-24-11-13)19-12-25-30-22(18)19/h4-7,10-12,14-16,26H,1-3,8-9H2,(H,23,24)(H,25,30)(H,27,29). The van der Waals surface area contributed by atoms with Crippen LogP contribution in [0.3, 0.4) is 0 Å². The van der Waals surface area contributed by atoms with Gasteiger partial charge in [-0.1, -0.05) is 12.5 Å². The van der Waals surface area contributed by atoms with Crippen LogP contribution in [-0.4, -0.2) is 48.7 Å². The molecule has 8 heteroatoms. The second-order valence-electron chi connectivity index (χ2n) is 8.41. The first kappa shape index (κ1) is 17.6. The van der Waals surface area contributed by atoms with Crippen molar-refractivity contribution in [2.45, 2.75) is 50.2 Å². The van der Waals surface area contributed by atoms with E-state index < -0.39 is 0 Å². The summed E-state index contributed by atoms with van der Waals surface area (Å²) in [7, 11) is 0. The van der Waals surface area contributed by atoms with E-state index in [9.17, 15) is 0 Å². The lowest BCUT2D eigenvalue weighted by Crippen LogP contribution is -2.52. The summed E-state index contributed by atoms with van der Waals surface area (Å²) < 4.78 is 0. The lowest BCUT2D eigenvalue weighted by molar-refractivity contribution is 0.230. The van der Waals surface area contributed by atoms with Gasteiger partial charge in [-0.2, -0.15) is 10.2 Å². The molecule has 0 aliphatic carbocycles. The molecule has 0 radical (unpaired) electrons. The third kappa shape index (κ3) is 3.13. The number of anilines is 1. The summed E-state index contributed by atoms with van der Waals surface area (Å²) in [6.45, 7) is 0. The van der Waals surface area contributed by atoms with Crippen LogP contribution in [0.4, 0.5) is 5.82 Å². The number of aromatic amines is 2. The maximum absolute atomic E-state index is 4.51. The lowest BCUT2D eigenvalue weighted by atomic mass is 9.84. The first-order chi connectivity index (χ1) is 14.8. The Balaban J connectivity index is 1.25. The number of hydrogen-bond acceptors (Lipinski definition) is 6. The van der Waals surface area contributed by atoms with E-state index in [2.05, 4.69) is 53.4 Å². The van der Waals surface area contributed by atoms with Gasteiger partial charge in [0.1, 0.15) is 5.82 Å². The minimum absolute atomic E-state index is 0.468. The Labute approximate surface area is 173 Å². The van der Waals surface area contributed by atoms with Gasteiger partial charge in [-0.25, -0.2) is 0 Å². The van der Waals surface area contributed by atoms with E-state index in [-0.39, 0.29) is 0 Å². The molecule has 152 valence electrons. The maximum Gasteiger partial charge on any atom is 0.148 e. The summed E-state index contributed by atoms with van der Waals surface area (Å²) in [5.74, 6) is 0.847. The largest absolute Gasteiger partial charge is 0.366 e. The van der Waals surface area contributed by atoms with Crippen molar-refractivity contribution in [3.8, 4) is 22.4 Å². The molecule has 5 heterocycles. The van der Waals surface area contributed by atoms with Crippen molar-refractivity contribution in [2.75, 3.05) is 5.32 Å². The zero-order valence-electron chi connectivity index (χ0n) is 16.6. The number of H-pyrrole nitrogens is 2. The van der Waals surface area contributed by atoms with E-state index in [1.165, 1.54) is 19.3 Å². The van der Waals surface area contributed by atoms with Crippen LogP contribution in [0, 0.1) is 0 Å². The van der Waals surface area contributed by atoms with Crippen molar-refractivity contribution < 1.29 is 0 Å². The predicted octanol–water partition coefficient (Wildman–Crippen LogP) is 3.50. The van der Waals surface area contributed by atoms with Crippen molar-refractivity contribution in [2.24, 2.45) is 0 Å². The molecule has 4 aromatic rings. The molecule has 6 rings (SSSR count).